The van der Waals surface area contributed by atoms with Gasteiger partial charge in [-0.2, -0.15) is 0 Å². The van der Waals surface area contributed by atoms with E-state index >= 15 is 0 Å². The lowest BCUT2D eigenvalue weighted by Crippen LogP contribution is -2.01. The maximum atomic E-state index is 13.3. The second-order valence-electron chi connectivity index (χ2n) is 3.52. The Hall–Kier alpha value is -1.75. The van der Waals surface area contributed by atoms with Crippen LogP contribution in [0.3, 0.4) is 0 Å². The van der Waals surface area contributed by atoms with Crippen molar-refractivity contribution in [3.8, 4) is 0 Å². The van der Waals surface area contributed by atoms with Crippen LogP contribution in [0.15, 0.2) is 29.8 Å². The quantitative estimate of drug-likeness (QED) is 0.909. The van der Waals surface area contributed by atoms with Crippen LogP contribution in [0.1, 0.15) is 20.9 Å². The Balaban J connectivity index is 2.10. The topological polar surface area (TPSA) is 50.2 Å². The number of hydrogen-bond donors (Lipinski definition) is 1. The number of carboxylic acids is 1. The maximum absolute atomic E-state index is 13.3. The van der Waals surface area contributed by atoms with Gasteiger partial charge in [-0.15, -0.1) is 11.3 Å². The molecule has 88 valence electrons. The molecule has 0 atom stereocenters. The molecule has 0 unspecified atom stereocenters. The van der Waals surface area contributed by atoms with Crippen LogP contribution in [0.4, 0.5) is 4.39 Å². The minimum Gasteiger partial charge on any atom is -0.477 e. The monoisotopic (exact) mass is 251 g/mol. The van der Waals surface area contributed by atoms with E-state index in [1.165, 1.54) is 11.6 Å². The minimum atomic E-state index is -0.976. The fourth-order valence-electron chi connectivity index (χ4n) is 1.58. The lowest BCUT2D eigenvalue weighted by Gasteiger charge is -2.01. The van der Waals surface area contributed by atoms with Crippen molar-refractivity contribution in [2.24, 2.45) is 0 Å². The molecule has 0 spiro atoms. The first-order valence-corrected chi connectivity index (χ1v) is 5.95. The lowest BCUT2D eigenvalue weighted by atomic mass is 10.1. The zero-order chi connectivity index (χ0) is 12.3. The fraction of sp³-hybridized carbons (Fsp3) is 0.167. The van der Waals surface area contributed by atoms with Gasteiger partial charge in [-0.3, -0.25) is 0 Å². The number of carbonyl (C=O) groups is 1. The van der Waals surface area contributed by atoms with Crippen LogP contribution in [0, 0.1) is 5.82 Å². The highest BCUT2D eigenvalue weighted by atomic mass is 32.1. The van der Waals surface area contributed by atoms with Crippen molar-refractivity contribution in [1.29, 1.82) is 0 Å². The molecule has 17 heavy (non-hydrogen) atoms. The predicted molar refractivity (Wildman–Crippen MR) is 62.9 cm³/mol. The summed E-state index contributed by atoms with van der Waals surface area (Å²) >= 11 is 1.09. The molecule has 0 radical (unpaired) electrons. The molecule has 3 nitrogen and oxygen atoms in total. The number of carboxylic acid groups (broad SMARTS) is 1. The van der Waals surface area contributed by atoms with E-state index in [-0.39, 0.29) is 10.7 Å². The Labute approximate surface area is 102 Å². The highest BCUT2D eigenvalue weighted by Crippen LogP contribution is 2.16. The third-order valence-corrected chi connectivity index (χ3v) is 3.28. The molecule has 1 N–H and O–H groups in total. The molecule has 0 saturated carbocycles. The standard InChI is InChI=1S/C12H10FNO2S/c13-9-4-2-1-3-8(9)5-6-10-11(12(15)16)17-7-14-10/h1-4,7H,5-6H2,(H,15,16). The van der Waals surface area contributed by atoms with Gasteiger partial charge in [-0.1, -0.05) is 18.2 Å². The summed E-state index contributed by atoms with van der Waals surface area (Å²) in [5.41, 5.74) is 2.60. The van der Waals surface area contributed by atoms with Gasteiger partial charge in [0.05, 0.1) is 11.2 Å². The van der Waals surface area contributed by atoms with Gasteiger partial charge < -0.3 is 5.11 Å². The average molecular weight is 251 g/mol. The van der Waals surface area contributed by atoms with Gasteiger partial charge in [0.2, 0.25) is 0 Å². The smallest absolute Gasteiger partial charge is 0.347 e. The number of hydrogen-bond acceptors (Lipinski definition) is 3. The van der Waals surface area contributed by atoms with E-state index in [4.69, 9.17) is 5.11 Å². The molecular weight excluding hydrogens is 241 g/mol. The van der Waals surface area contributed by atoms with Crippen LogP contribution in [0.5, 0.6) is 0 Å². The van der Waals surface area contributed by atoms with Crippen LogP contribution in [0.25, 0.3) is 0 Å². The molecular formula is C12H10FNO2S. The van der Waals surface area contributed by atoms with Crippen LogP contribution in [-0.4, -0.2) is 16.1 Å². The SMILES string of the molecule is O=C(O)c1scnc1CCc1ccccc1F. The van der Waals surface area contributed by atoms with Gasteiger partial charge in [0.1, 0.15) is 10.7 Å². The molecule has 1 aromatic carbocycles. The molecule has 0 aliphatic carbocycles. The highest BCUT2D eigenvalue weighted by Gasteiger charge is 2.13. The molecule has 0 aliphatic rings. The first-order chi connectivity index (χ1) is 8.18. The second kappa shape index (κ2) is 5.05. The van der Waals surface area contributed by atoms with Crippen LogP contribution in [0.2, 0.25) is 0 Å². The van der Waals surface area contributed by atoms with E-state index in [0.717, 1.165) is 11.3 Å². The number of halogens is 1. The normalized spacial score (nSPS) is 10.4. The summed E-state index contributed by atoms with van der Waals surface area (Å²) < 4.78 is 13.3. The molecule has 2 rings (SSSR count). The maximum Gasteiger partial charge on any atom is 0.347 e. The van der Waals surface area contributed by atoms with Gasteiger partial charge in [-0.05, 0) is 24.5 Å². The molecule has 0 bridgehead atoms. The van der Waals surface area contributed by atoms with E-state index in [9.17, 15) is 9.18 Å². The Morgan fingerprint density at radius 2 is 2.12 bits per heavy atom. The van der Waals surface area contributed by atoms with Gasteiger partial charge >= 0.3 is 5.97 Å². The van der Waals surface area contributed by atoms with E-state index in [1.807, 2.05) is 0 Å². The largest absolute Gasteiger partial charge is 0.477 e. The van der Waals surface area contributed by atoms with Gasteiger partial charge in [0.15, 0.2) is 0 Å². The fourth-order valence-corrected chi connectivity index (χ4v) is 2.25. The van der Waals surface area contributed by atoms with Crippen molar-refractivity contribution in [2.75, 3.05) is 0 Å². The van der Waals surface area contributed by atoms with Crippen LogP contribution in [-0.2, 0) is 12.8 Å². The summed E-state index contributed by atoms with van der Waals surface area (Å²) in [6.07, 6.45) is 0.892. The summed E-state index contributed by atoms with van der Waals surface area (Å²) in [4.78, 5) is 15.1. The number of aromatic carboxylic acids is 1. The molecule has 0 fully saturated rings. The highest BCUT2D eigenvalue weighted by molar-refractivity contribution is 7.11. The van der Waals surface area contributed by atoms with Crippen molar-refractivity contribution in [2.45, 2.75) is 12.8 Å². The van der Waals surface area contributed by atoms with Crippen molar-refractivity contribution in [3.05, 3.63) is 51.7 Å². The zero-order valence-electron chi connectivity index (χ0n) is 8.89. The number of benzene rings is 1. The Kier molecular flexibility index (Phi) is 3.49. The molecule has 0 aliphatic heterocycles. The van der Waals surface area contributed by atoms with Crippen LogP contribution >= 0.6 is 11.3 Å². The third-order valence-electron chi connectivity index (χ3n) is 2.42. The van der Waals surface area contributed by atoms with Crippen LogP contribution < -0.4 is 0 Å². The van der Waals surface area contributed by atoms with E-state index in [1.54, 1.807) is 18.2 Å². The van der Waals surface area contributed by atoms with Gasteiger partial charge in [0, 0.05) is 0 Å². The van der Waals surface area contributed by atoms with Crippen molar-refractivity contribution in [1.82, 2.24) is 4.98 Å². The predicted octanol–water partition coefficient (Wildman–Crippen LogP) is 2.77. The molecule has 1 aromatic heterocycles. The Morgan fingerprint density at radius 1 is 1.35 bits per heavy atom. The first-order valence-electron chi connectivity index (χ1n) is 5.07. The Bertz CT molecular complexity index is 539. The van der Waals surface area contributed by atoms with Gasteiger partial charge in [0.25, 0.3) is 0 Å². The molecule has 0 amide bonds. The zero-order valence-corrected chi connectivity index (χ0v) is 9.71. The van der Waals surface area contributed by atoms with Gasteiger partial charge in [-0.25, -0.2) is 14.2 Å². The molecule has 2 aromatic rings. The molecule has 0 saturated heterocycles. The minimum absolute atomic E-state index is 0.237. The van der Waals surface area contributed by atoms with Crippen molar-refractivity contribution < 1.29 is 14.3 Å². The number of nitrogens with zero attached hydrogens (tertiary/aromatic N) is 1. The number of rotatable bonds is 4. The number of aromatic nitrogens is 1. The lowest BCUT2D eigenvalue weighted by molar-refractivity contribution is 0.0700. The average Bonchev–Trinajstić information content (AvgIpc) is 2.76. The summed E-state index contributed by atoms with van der Waals surface area (Å²) in [6, 6.07) is 6.48. The first kappa shape index (κ1) is 11.7. The molecule has 5 heteroatoms. The van der Waals surface area contributed by atoms with E-state index in [2.05, 4.69) is 4.98 Å². The summed E-state index contributed by atoms with van der Waals surface area (Å²) in [5, 5.41) is 8.90. The molecule has 1 heterocycles. The van der Waals surface area contributed by atoms with E-state index in [0.29, 0.717) is 24.1 Å². The third kappa shape index (κ3) is 2.68. The van der Waals surface area contributed by atoms with Crippen molar-refractivity contribution in [3.63, 3.8) is 0 Å². The summed E-state index contributed by atoms with van der Waals surface area (Å²) in [6.45, 7) is 0. The second-order valence-corrected chi connectivity index (χ2v) is 4.38. The number of thiazole rings is 1. The van der Waals surface area contributed by atoms with E-state index < -0.39 is 5.97 Å². The Morgan fingerprint density at radius 3 is 2.82 bits per heavy atom. The summed E-state index contributed by atoms with van der Waals surface area (Å²) in [5.74, 6) is -1.24. The number of aryl methyl sites for hydroxylation is 2. The van der Waals surface area contributed by atoms with Crippen molar-refractivity contribution >= 4 is 17.3 Å². The summed E-state index contributed by atoms with van der Waals surface area (Å²) in [7, 11) is 0.